The van der Waals surface area contributed by atoms with Crippen LogP contribution in [0.15, 0.2) is 85.2 Å². The van der Waals surface area contributed by atoms with Gasteiger partial charge in [0.25, 0.3) is 0 Å². The van der Waals surface area contributed by atoms with Crippen LogP contribution in [-0.4, -0.2) is 70.7 Å². The molecule has 0 radical (unpaired) electrons. The first-order chi connectivity index (χ1) is 21.2. The molecule has 0 saturated carbocycles. The maximum Gasteiger partial charge on any atom is 0.332 e. The van der Waals surface area contributed by atoms with Crippen molar-refractivity contribution in [1.29, 1.82) is 0 Å². The smallest absolute Gasteiger partial charge is 0.332 e. The summed E-state index contributed by atoms with van der Waals surface area (Å²) in [4.78, 5) is 39.2. The lowest BCUT2D eigenvalue weighted by Crippen LogP contribution is -2.30. The number of hydrogen-bond donors (Lipinski definition) is 0. The number of methoxy groups -OCH3 is 3. The number of hydrogen-bond acceptors (Lipinski definition) is 8. The summed E-state index contributed by atoms with van der Waals surface area (Å²) >= 11 is 22.6. The highest BCUT2D eigenvalue weighted by Crippen LogP contribution is 2.24. The number of aromatic nitrogens is 2. The Morgan fingerprint density at radius 3 is 1.33 bits per heavy atom. The Balaban J connectivity index is -0.000000599. The summed E-state index contributed by atoms with van der Waals surface area (Å²) in [6.07, 6.45) is 13.2. The van der Waals surface area contributed by atoms with Crippen molar-refractivity contribution < 1.29 is 28.6 Å². The van der Waals surface area contributed by atoms with Gasteiger partial charge in [-0.2, -0.15) is 0 Å². The van der Waals surface area contributed by atoms with E-state index in [2.05, 4.69) is 30.8 Å². The zero-order valence-corrected chi connectivity index (χ0v) is 29.8. The van der Waals surface area contributed by atoms with E-state index in [4.69, 9.17) is 46.4 Å². The third-order valence-electron chi connectivity index (χ3n) is 5.42. The molecule has 0 aliphatic rings. The quantitative estimate of drug-likeness (QED) is 0.0703. The summed E-state index contributed by atoms with van der Waals surface area (Å²) in [5.41, 5.74) is 2.26. The summed E-state index contributed by atoms with van der Waals surface area (Å²) in [5.74, 6) is -0.0995. The van der Waals surface area contributed by atoms with Gasteiger partial charge < -0.3 is 14.2 Å². The molecule has 0 amide bonds. The standard InChI is InChI=1S/C14H22Cl2O4.C10H8N2.C5H8O2.C4H6Cl2.CH4/c1-13(15,11(17)19-3)9-7-5-6-8-10-14(2,16)12(18)20-4;1-3-7-11-9(5-1)10-6-2-4-8-12-10;1-4(2)5(6)7-3;5-3-1-2-4-6;/h5-6H,7-10H2,1-4H3;1-8H;1H2,2-3H3;1-2H,3-4H2;1H4/b6-5+;;;2-1+;. The average Bonchev–Trinajstić information content (AvgIpc) is 3.05. The number of alkyl halides is 4. The zero-order valence-electron chi connectivity index (χ0n) is 26.7. The first kappa shape index (κ1) is 47.5. The van der Waals surface area contributed by atoms with Crippen LogP contribution in [0, 0.1) is 0 Å². The Bertz CT molecular complexity index is 1100. The number of carbonyl (C=O) groups excluding carboxylic acids is 3. The van der Waals surface area contributed by atoms with Gasteiger partial charge >= 0.3 is 17.9 Å². The van der Waals surface area contributed by atoms with Gasteiger partial charge in [0.1, 0.15) is 9.75 Å². The Labute approximate surface area is 295 Å². The van der Waals surface area contributed by atoms with Crippen LogP contribution in [0.2, 0.25) is 0 Å². The van der Waals surface area contributed by atoms with E-state index in [-0.39, 0.29) is 13.4 Å². The molecule has 2 atom stereocenters. The van der Waals surface area contributed by atoms with Crippen LogP contribution in [0.5, 0.6) is 0 Å². The van der Waals surface area contributed by atoms with Gasteiger partial charge in [-0.05, 0) is 70.7 Å². The highest BCUT2D eigenvalue weighted by Gasteiger charge is 2.31. The van der Waals surface area contributed by atoms with Crippen molar-refractivity contribution in [3.63, 3.8) is 0 Å². The van der Waals surface area contributed by atoms with Gasteiger partial charge in [-0.1, -0.05) is 50.4 Å². The van der Waals surface area contributed by atoms with Crippen LogP contribution in [-0.2, 0) is 28.6 Å². The minimum Gasteiger partial charge on any atom is -0.468 e. The van der Waals surface area contributed by atoms with Gasteiger partial charge in [0.05, 0.1) is 32.7 Å². The van der Waals surface area contributed by atoms with Crippen molar-refractivity contribution in [1.82, 2.24) is 9.97 Å². The fourth-order valence-corrected chi connectivity index (χ4v) is 3.53. The minimum absolute atomic E-state index is 0. The number of esters is 3. The van der Waals surface area contributed by atoms with Crippen molar-refractivity contribution in [2.75, 3.05) is 33.1 Å². The molecule has 2 rings (SSSR count). The fraction of sp³-hybridized carbons (Fsp3) is 0.441. The van der Waals surface area contributed by atoms with Crippen LogP contribution < -0.4 is 0 Å². The molecular formula is C34H48Cl4N2O6. The van der Waals surface area contributed by atoms with Crippen molar-refractivity contribution >= 4 is 64.3 Å². The summed E-state index contributed by atoms with van der Waals surface area (Å²) in [6.45, 7) is 8.21. The molecular weight excluding hydrogens is 674 g/mol. The zero-order chi connectivity index (χ0) is 34.7. The molecule has 46 heavy (non-hydrogen) atoms. The predicted molar refractivity (Wildman–Crippen MR) is 192 cm³/mol. The normalized spacial score (nSPS) is 12.6. The molecule has 0 aliphatic carbocycles. The molecule has 8 nitrogen and oxygen atoms in total. The molecule has 0 bridgehead atoms. The lowest BCUT2D eigenvalue weighted by atomic mass is 10.0. The van der Waals surface area contributed by atoms with E-state index in [9.17, 15) is 14.4 Å². The molecule has 2 heterocycles. The van der Waals surface area contributed by atoms with E-state index >= 15 is 0 Å². The van der Waals surface area contributed by atoms with Gasteiger partial charge in [-0.3, -0.25) is 19.6 Å². The first-order valence-corrected chi connectivity index (χ1v) is 15.6. The molecule has 0 fully saturated rings. The number of rotatable bonds is 12. The summed E-state index contributed by atoms with van der Waals surface area (Å²) in [7, 11) is 3.96. The van der Waals surface area contributed by atoms with Crippen LogP contribution in [0.25, 0.3) is 11.4 Å². The second kappa shape index (κ2) is 28.3. The highest BCUT2D eigenvalue weighted by atomic mass is 35.5. The molecule has 2 aromatic rings. The average molecular weight is 723 g/mol. The maximum absolute atomic E-state index is 11.3. The van der Waals surface area contributed by atoms with Crippen LogP contribution in [0.3, 0.4) is 0 Å². The van der Waals surface area contributed by atoms with Gasteiger partial charge in [0.15, 0.2) is 0 Å². The number of halogens is 4. The van der Waals surface area contributed by atoms with Crippen LogP contribution in [0.4, 0.5) is 0 Å². The third-order valence-corrected chi connectivity index (χ3v) is 6.46. The number of carbonyl (C=O) groups is 3. The molecule has 0 aliphatic heterocycles. The lowest BCUT2D eigenvalue weighted by Gasteiger charge is -2.18. The van der Waals surface area contributed by atoms with Crippen LogP contribution in [0.1, 0.15) is 53.9 Å². The van der Waals surface area contributed by atoms with Crippen molar-refractivity contribution in [2.45, 2.75) is 63.6 Å². The molecule has 0 aromatic carbocycles. The third kappa shape index (κ3) is 23.4. The fourth-order valence-electron chi connectivity index (χ4n) is 2.90. The molecule has 2 unspecified atom stereocenters. The summed E-state index contributed by atoms with van der Waals surface area (Å²) in [5, 5.41) is 0. The molecule has 12 heteroatoms. The largest absolute Gasteiger partial charge is 0.468 e. The Morgan fingerprint density at radius 1 is 0.739 bits per heavy atom. The van der Waals surface area contributed by atoms with Crippen molar-refractivity contribution in [3.05, 3.63) is 85.2 Å². The monoisotopic (exact) mass is 720 g/mol. The predicted octanol–water partition coefficient (Wildman–Crippen LogP) is 8.98. The van der Waals surface area contributed by atoms with E-state index in [1.807, 2.05) is 60.7 Å². The van der Waals surface area contributed by atoms with E-state index in [1.165, 1.54) is 21.3 Å². The van der Waals surface area contributed by atoms with Gasteiger partial charge in [-0.25, -0.2) is 4.79 Å². The lowest BCUT2D eigenvalue weighted by molar-refractivity contribution is -0.144. The topological polar surface area (TPSA) is 105 Å². The summed E-state index contributed by atoms with van der Waals surface area (Å²) < 4.78 is 13.5. The second-order valence-electron chi connectivity index (χ2n) is 9.41. The van der Waals surface area contributed by atoms with E-state index in [0.29, 0.717) is 43.0 Å². The number of ether oxygens (including phenoxy) is 3. The Kier molecular flexibility index (Phi) is 29.2. The first-order valence-electron chi connectivity index (χ1n) is 13.8. The summed E-state index contributed by atoms with van der Waals surface area (Å²) in [6, 6.07) is 11.6. The van der Waals surface area contributed by atoms with Gasteiger partial charge in [0, 0.05) is 29.7 Å². The molecule has 0 saturated heterocycles. The minimum atomic E-state index is -1.01. The highest BCUT2D eigenvalue weighted by molar-refractivity contribution is 6.34. The van der Waals surface area contributed by atoms with Crippen LogP contribution >= 0.6 is 46.4 Å². The molecule has 0 spiro atoms. The SMILES string of the molecule is C.C=C(C)C(=O)OC.COC(=O)C(C)(Cl)CC/C=C/CCC(C)(Cl)C(=O)OC.ClC/C=C/CCl.c1ccc(-c2ccccn2)nc1. The number of nitrogens with zero attached hydrogens (tertiary/aromatic N) is 2. The Morgan fingerprint density at radius 2 is 1.11 bits per heavy atom. The molecule has 258 valence electrons. The molecule has 2 aromatic heterocycles. The van der Waals surface area contributed by atoms with Gasteiger partial charge in [0.2, 0.25) is 0 Å². The van der Waals surface area contributed by atoms with E-state index < -0.39 is 21.7 Å². The van der Waals surface area contributed by atoms with Gasteiger partial charge in [-0.15, -0.1) is 46.4 Å². The van der Waals surface area contributed by atoms with Crippen molar-refractivity contribution in [2.24, 2.45) is 0 Å². The maximum atomic E-state index is 11.3. The van der Waals surface area contributed by atoms with E-state index in [1.54, 1.807) is 33.2 Å². The van der Waals surface area contributed by atoms with E-state index in [0.717, 1.165) is 11.4 Å². The number of pyridine rings is 2. The number of allylic oxidation sites excluding steroid dienone is 4. The second-order valence-corrected chi connectivity index (χ2v) is 11.7. The Hall–Kier alpha value is -2.91. The molecule has 0 N–H and O–H groups in total. The van der Waals surface area contributed by atoms with Crippen molar-refractivity contribution in [3.8, 4) is 11.4 Å².